The second-order valence-corrected chi connectivity index (χ2v) is 8.41. The molecule has 2 N–H and O–H groups in total. The molecule has 9 heteroatoms. The summed E-state index contributed by atoms with van der Waals surface area (Å²) in [5.41, 5.74) is 0. The smallest absolute Gasteiger partial charge is 0.243 e. The van der Waals surface area contributed by atoms with Crippen LogP contribution in [0.5, 0.6) is 0 Å². The first-order chi connectivity index (χ1) is 14.6. The highest BCUT2D eigenvalue weighted by molar-refractivity contribution is 14.0. The molecule has 2 unspecified atom stereocenters. The van der Waals surface area contributed by atoms with E-state index in [-0.39, 0.29) is 42.5 Å². The van der Waals surface area contributed by atoms with Crippen molar-refractivity contribution >= 4 is 35.8 Å². The van der Waals surface area contributed by atoms with Crippen molar-refractivity contribution in [2.45, 2.75) is 44.7 Å². The van der Waals surface area contributed by atoms with Gasteiger partial charge in [-0.05, 0) is 64.0 Å². The molecule has 2 fully saturated rings. The lowest BCUT2D eigenvalue weighted by molar-refractivity contribution is -0.127. The zero-order valence-corrected chi connectivity index (χ0v) is 21.5. The topological polar surface area (TPSA) is 76.4 Å². The van der Waals surface area contributed by atoms with Gasteiger partial charge < -0.3 is 20.0 Å². The maximum Gasteiger partial charge on any atom is 0.243 e. The molecule has 1 aromatic heterocycles. The number of carbonyl (C=O) groups excluding carboxylic acids is 1. The number of guanidine groups is 1. The van der Waals surface area contributed by atoms with E-state index in [0.717, 1.165) is 38.5 Å². The molecule has 176 valence electrons. The third-order valence-corrected chi connectivity index (χ3v) is 6.20. The molecule has 8 nitrogen and oxygen atoms in total. The summed E-state index contributed by atoms with van der Waals surface area (Å²) in [6.07, 6.45) is 6.63. The number of carbonyl (C=O) groups is 1. The number of likely N-dealkylation sites (N-methyl/N-ethyl adjacent to an activating group) is 2. The summed E-state index contributed by atoms with van der Waals surface area (Å²) in [6.45, 7) is 8.28. The van der Waals surface area contributed by atoms with Crippen molar-refractivity contribution in [2.24, 2.45) is 4.99 Å². The van der Waals surface area contributed by atoms with Crippen LogP contribution < -0.4 is 10.6 Å². The van der Waals surface area contributed by atoms with Gasteiger partial charge in [-0.2, -0.15) is 0 Å². The minimum atomic E-state index is -0.00530. The molecule has 2 aliphatic heterocycles. The van der Waals surface area contributed by atoms with Crippen molar-refractivity contribution in [1.29, 1.82) is 0 Å². The third-order valence-electron chi connectivity index (χ3n) is 6.20. The van der Waals surface area contributed by atoms with Crippen molar-refractivity contribution in [3.63, 3.8) is 0 Å². The Bertz CT molecular complexity index is 676. The van der Waals surface area contributed by atoms with E-state index in [9.17, 15) is 4.79 Å². The molecule has 31 heavy (non-hydrogen) atoms. The number of nitrogens with one attached hydrogen (secondary N) is 2. The number of halogens is 1. The summed E-state index contributed by atoms with van der Waals surface area (Å²) >= 11 is 0. The number of aliphatic imine (C=N–C) groups is 1. The molecule has 0 aromatic carbocycles. The lowest BCUT2D eigenvalue weighted by atomic mass is 10.2. The monoisotopic (exact) mass is 546 g/mol. The Labute approximate surface area is 203 Å². The summed E-state index contributed by atoms with van der Waals surface area (Å²) in [7, 11) is 3.52. The number of rotatable bonds is 9. The lowest BCUT2D eigenvalue weighted by Gasteiger charge is -2.28. The van der Waals surface area contributed by atoms with Gasteiger partial charge in [0.25, 0.3) is 0 Å². The molecule has 0 bridgehead atoms. The standard InChI is InChI=1S/C22H38N6O2.HI/c1-4-27-13-7-9-18(27)15-23-22(25-17-21(29)26(2)3)24-16-19(20-10-8-14-30-20)28-11-5-6-12-28;/h8,10,14,18-19H,4-7,9,11-13,15-17H2,1-3H3,(H2,23,24,25);1H. The average Bonchev–Trinajstić information content (AvgIpc) is 3.51. The second-order valence-electron chi connectivity index (χ2n) is 8.41. The highest BCUT2D eigenvalue weighted by Gasteiger charge is 2.26. The van der Waals surface area contributed by atoms with E-state index in [1.807, 2.05) is 12.1 Å². The van der Waals surface area contributed by atoms with Crippen LogP contribution in [0, 0.1) is 0 Å². The highest BCUT2D eigenvalue weighted by atomic mass is 127. The zero-order valence-electron chi connectivity index (χ0n) is 19.2. The van der Waals surface area contributed by atoms with E-state index in [2.05, 4.69) is 32.3 Å². The summed E-state index contributed by atoms with van der Waals surface area (Å²) in [4.78, 5) is 23.2. The van der Waals surface area contributed by atoms with Gasteiger partial charge in [0.1, 0.15) is 12.3 Å². The maximum absolute atomic E-state index is 12.1. The molecule has 0 spiro atoms. The molecule has 0 radical (unpaired) electrons. The Hall–Kier alpha value is -1.33. The maximum atomic E-state index is 12.1. The number of nitrogens with zero attached hydrogens (tertiary/aromatic N) is 4. The fourth-order valence-corrected chi connectivity index (χ4v) is 4.36. The van der Waals surface area contributed by atoms with Crippen LogP contribution in [-0.2, 0) is 4.79 Å². The molecule has 3 rings (SSSR count). The van der Waals surface area contributed by atoms with E-state index in [0.29, 0.717) is 18.5 Å². The minimum Gasteiger partial charge on any atom is -0.468 e. The van der Waals surface area contributed by atoms with E-state index in [1.165, 1.54) is 25.7 Å². The van der Waals surface area contributed by atoms with Crippen molar-refractivity contribution in [1.82, 2.24) is 25.3 Å². The molecule has 2 aliphatic rings. The summed E-state index contributed by atoms with van der Waals surface area (Å²) < 4.78 is 5.73. The molecule has 0 aliphatic carbocycles. The van der Waals surface area contributed by atoms with Crippen molar-refractivity contribution in [3.05, 3.63) is 24.2 Å². The third kappa shape index (κ3) is 7.64. The van der Waals surface area contributed by atoms with Crippen LogP contribution >= 0.6 is 24.0 Å². The fourth-order valence-electron chi connectivity index (χ4n) is 4.36. The Morgan fingerprint density at radius 3 is 2.68 bits per heavy atom. The van der Waals surface area contributed by atoms with Gasteiger partial charge in [-0.3, -0.25) is 14.6 Å². The number of likely N-dealkylation sites (tertiary alicyclic amines) is 2. The Morgan fingerprint density at radius 2 is 2.03 bits per heavy atom. The predicted molar refractivity (Wildman–Crippen MR) is 135 cm³/mol. The number of hydrogen-bond donors (Lipinski definition) is 2. The normalized spacial score (nSPS) is 21.0. The largest absolute Gasteiger partial charge is 0.468 e. The molecular formula is C22H39IN6O2. The quantitative estimate of drug-likeness (QED) is 0.281. The zero-order chi connectivity index (χ0) is 21.3. The van der Waals surface area contributed by atoms with Gasteiger partial charge >= 0.3 is 0 Å². The summed E-state index contributed by atoms with van der Waals surface area (Å²) in [5.74, 6) is 1.67. The summed E-state index contributed by atoms with van der Waals surface area (Å²) in [5, 5.41) is 6.97. The highest BCUT2D eigenvalue weighted by Crippen LogP contribution is 2.24. The van der Waals surface area contributed by atoms with Gasteiger partial charge in [0.15, 0.2) is 5.96 Å². The first kappa shape index (κ1) is 25.9. The Balaban J connectivity index is 0.00000341. The van der Waals surface area contributed by atoms with E-state index < -0.39 is 0 Å². The number of amides is 1. The van der Waals surface area contributed by atoms with E-state index in [1.54, 1.807) is 25.3 Å². The van der Waals surface area contributed by atoms with Crippen molar-refractivity contribution < 1.29 is 9.21 Å². The van der Waals surface area contributed by atoms with Gasteiger partial charge in [0, 0.05) is 33.2 Å². The van der Waals surface area contributed by atoms with Gasteiger partial charge in [-0.1, -0.05) is 6.92 Å². The first-order valence-corrected chi connectivity index (χ1v) is 11.3. The SMILES string of the molecule is CCN1CCCC1CNC(=NCC(=O)N(C)C)NCC(c1ccco1)N1CCCC1.I. The van der Waals surface area contributed by atoms with Crippen LogP contribution in [0.4, 0.5) is 0 Å². The van der Waals surface area contributed by atoms with Gasteiger partial charge in [0.05, 0.1) is 12.3 Å². The predicted octanol–water partition coefficient (Wildman–Crippen LogP) is 2.14. The van der Waals surface area contributed by atoms with Crippen LogP contribution in [0.2, 0.25) is 0 Å². The molecule has 3 heterocycles. The van der Waals surface area contributed by atoms with Crippen molar-refractivity contribution in [2.75, 3.05) is 59.9 Å². The molecule has 0 saturated carbocycles. The Kier molecular flexibility index (Phi) is 11.1. The van der Waals surface area contributed by atoms with Crippen LogP contribution in [0.3, 0.4) is 0 Å². The molecule has 1 amide bonds. The molecule has 2 saturated heterocycles. The fraction of sp³-hybridized carbons (Fsp3) is 0.727. The van der Waals surface area contributed by atoms with Crippen LogP contribution in [0.25, 0.3) is 0 Å². The molecule has 2 atom stereocenters. The molecule has 1 aromatic rings. The Morgan fingerprint density at radius 1 is 1.26 bits per heavy atom. The number of hydrogen-bond acceptors (Lipinski definition) is 5. The minimum absolute atomic E-state index is 0. The molecular weight excluding hydrogens is 507 g/mol. The van der Waals surface area contributed by atoms with Crippen molar-refractivity contribution in [3.8, 4) is 0 Å². The van der Waals surface area contributed by atoms with E-state index in [4.69, 9.17) is 4.42 Å². The van der Waals surface area contributed by atoms with Gasteiger partial charge in [0.2, 0.25) is 5.91 Å². The van der Waals surface area contributed by atoms with Crippen LogP contribution in [0.15, 0.2) is 27.8 Å². The number of furan rings is 1. The average molecular weight is 546 g/mol. The second kappa shape index (κ2) is 13.3. The van der Waals surface area contributed by atoms with Gasteiger partial charge in [-0.15, -0.1) is 24.0 Å². The van der Waals surface area contributed by atoms with Gasteiger partial charge in [-0.25, -0.2) is 4.99 Å². The van der Waals surface area contributed by atoms with Crippen LogP contribution in [0.1, 0.15) is 44.4 Å². The summed E-state index contributed by atoms with van der Waals surface area (Å²) in [6, 6.07) is 4.67. The van der Waals surface area contributed by atoms with E-state index >= 15 is 0 Å². The lowest BCUT2D eigenvalue weighted by Crippen LogP contribution is -2.47. The first-order valence-electron chi connectivity index (χ1n) is 11.3. The van der Waals surface area contributed by atoms with Crippen LogP contribution in [-0.4, -0.2) is 92.5 Å².